The number of carbonyl (C=O) groups is 1. The lowest BCUT2D eigenvalue weighted by molar-refractivity contribution is -0.164. The Morgan fingerprint density at radius 3 is 2.45 bits per heavy atom. The maximum Gasteiger partial charge on any atom is 0.287 e. The topological polar surface area (TPSA) is 65.8 Å². The SMILES string of the molecule is O=C(c1cc(-c2ccccc2Cl)nc2ccccc12)N1N=C(C(F)F)C[C@@]1(O)C(F)F. The summed E-state index contributed by atoms with van der Waals surface area (Å²) in [5, 5.41) is 14.3. The molecule has 1 amide bonds. The number of hydrazone groups is 1. The fraction of sp³-hybridized carbons (Fsp3) is 0.190. The maximum absolute atomic E-state index is 13.6. The third-order valence-electron chi connectivity index (χ3n) is 4.93. The number of hydrogen-bond acceptors (Lipinski definition) is 4. The van der Waals surface area contributed by atoms with Crippen LogP contribution in [-0.4, -0.2) is 45.3 Å². The van der Waals surface area contributed by atoms with Gasteiger partial charge in [-0.1, -0.05) is 48.0 Å². The molecule has 160 valence electrons. The number of para-hydroxylation sites is 1. The van der Waals surface area contributed by atoms with Crippen molar-refractivity contribution in [1.82, 2.24) is 9.99 Å². The van der Waals surface area contributed by atoms with Gasteiger partial charge in [-0.05, 0) is 18.2 Å². The number of hydrogen-bond donors (Lipinski definition) is 1. The van der Waals surface area contributed by atoms with E-state index in [0.717, 1.165) is 0 Å². The Morgan fingerprint density at radius 1 is 1.10 bits per heavy atom. The van der Waals surface area contributed by atoms with Crippen molar-refractivity contribution in [1.29, 1.82) is 0 Å². The van der Waals surface area contributed by atoms with Crippen LogP contribution in [0.2, 0.25) is 5.02 Å². The number of aliphatic hydroxyl groups is 1. The Balaban J connectivity index is 1.90. The molecule has 0 saturated carbocycles. The van der Waals surface area contributed by atoms with Crippen LogP contribution in [0.4, 0.5) is 17.6 Å². The van der Waals surface area contributed by atoms with Gasteiger partial charge in [0.25, 0.3) is 18.8 Å². The van der Waals surface area contributed by atoms with Crippen LogP contribution in [-0.2, 0) is 0 Å². The van der Waals surface area contributed by atoms with Crippen LogP contribution in [0.25, 0.3) is 22.2 Å². The number of carbonyl (C=O) groups excluding carboxylic acids is 1. The van der Waals surface area contributed by atoms with E-state index in [1.807, 2.05) is 0 Å². The number of benzene rings is 2. The molecule has 1 N–H and O–H groups in total. The van der Waals surface area contributed by atoms with Gasteiger partial charge in [0, 0.05) is 22.4 Å². The molecule has 0 fully saturated rings. The number of nitrogens with zero attached hydrogens (tertiary/aromatic N) is 3. The highest BCUT2D eigenvalue weighted by atomic mass is 35.5. The minimum Gasteiger partial charge on any atom is -0.364 e. The first-order chi connectivity index (χ1) is 14.7. The molecule has 0 spiro atoms. The van der Waals surface area contributed by atoms with E-state index >= 15 is 0 Å². The lowest BCUT2D eigenvalue weighted by atomic mass is 10.0. The van der Waals surface area contributed by atoms with Gasteiger partial charge in [0.15, 0.2) is 0 Å². The van der Waals surface area contributed by atoms with Crippen molar-refractivity contribution >= 4 is 34.1 Å². The van der Waals surface area contributed by atoms with Gasteiger partial charge in [0.05, 0.1) is 16.8 Å². The molecule has 10 heteroatoms. The van der Waals surface area contributed by atoms with E-state index in [1.165, 1.54) is 12.1 Å². The number of fused-ring (bicyclic) bond motifs is 1. The average molecular weight is 452 g/mol. The summed E-state index contributed by atoms with van der Waals surface area (Å²) in [6.07, 6.45) is -7.88. The molecular formula is C21H14ClF4N3O2. The van der Waals surface area contributed by atoms with Gasteiger partial charge in [-0.15, -0.1) is 0 Å². The fourth-order valence-corrected chi connectivity index (χ4v) is 3.61. The standard InChI is InChI=1S/C21H14ClF4N3O2/c22-14-7-3-1-6-12(14)16-9-13(11-5-2-4-8-15(11)27-16)19(30)29-21(31,20(25)26)10-17(28-29)18(23)24/h1-9,18,20,31H,10H2/t21-/m1/s1. The molecule has 5 nitrogen and oxygen atoms in total. The molecule has 0 aliphatic carbocycles. The number of amides is 1. The Bertz CT molecular complexity index is 1200. The number of aromatic nitrogens is 1. The van der Waals surface area contributed by atoms with Crippen molar-refractivity contribution < 1.29 is 27.5 Å². The van der Waals surface area contributed by atoms with E-state index in [0.29, 0.717) is 16.1 Å². The molecule has 0 radical (unpaired) electrons. The van der Waals surface area contributed by atoms with Crippen molar-refractivity contribution in [3.05, 3.63) is 65.2 Å². The Morgan fingerprint density at radius 2 is 1.77 bits per heavy atom. The van der Waals surface area contributed by atoms with Gasteiger partial charge in [-0.3, -0.25) is 4.79 Å². The van der Waals surface area contributed by atoms with E-state index < -0.39 is 36.6 Å². The van der Waals surface area contributed by atoms with E-state index in [4.69, 9.17) is 11.6 Å². The molecule has 1 atom stereocenters. The monoisotopic (exact) mass is 451 g/mol. The molecule has 31 heavy (non-hydrogen) atoms. The molecule has 0 saturated heterocycles. The van der Waals surface area contributed by atoms with Gasteiger partial charge >= 0.3 is 0 Å². The number of pyridine rings is 1. The highest BCUT2D eigenvalue weighted by Gasteiger charge is 2.53. The third kappa shape index (κ3) is 3.64. The van der Waals surface area contributed by atoms with Crippen molar-refractivity contribution in [3.63, 3.8) is 0 Å². The van der Waals surface area contributed by atoms with Gasteiger partial charge < -0.3 is 5.11 Å². The first kappa shape index (κ1) is 21.2. The van der Waals surface area contributed by atoms with E-state index in [1.54, 1.807) is 42.5 Å². The quantitative estimate of drug-likeness (QED) is 0.569. The summed E-state index contributed by atoms with van der Waals surface area (Å²) in [6, 6.07) is 14.4. The highest BCUT2D eigenvalue weighted by Crippen LogP contribution is 2.36. The molecule has 4 rings (SSSR count). The molecule has 0 bridgehead atoms. The number of alkyl halides is 4. The van der Waals surface area contributed by atoms with Gasteiger partial charge in [0.2, 0.25) is 5.72 Å². The van der Waals surface area contributed by atoms with Crippen LogP contribution in [0.1, 0.15) is 16.8 Å². The third-order valence-corrected chi connectivity index (χ3v) is 5.26. The summed E-state index contributed by atoms with van der Waals surface area (Å²) < 4.78 is 53.5. The fourth-order valence-electron chi connectivity index (χ4n) is 3.38. The van der Waals surface area contributed by atoms with Gasteiger partial charge in [-0.25, -0.2) is 22.5 Å². The number of rotatable bonds is 4. The zero-order valence-corrected chi connectivity index (χ0v) is 16.4. The molecule has 3 aromatic rings. The normalized spacial score (nSPS) is 18.8. The Hall–Kier alpha value is -3.04. The summed E-state index contributed by atoms with van der Waals surface area (Å²) in [5.74, 6) is -1.16. The summed E-state index contributed by atoms with van der Waals surface area (Å²) in [7, 11) is 0. The average Bonchev–Trinajstić information content (AvgIpc) is 3.12. The van der Waals surface area contributed by atoms with Crippen LogP contribution < -0.4 is 0 Å². The van der Waals surface area contributed by atoms with Crippen molar-refractivity contribution in [2.45, 2.75) is 25.0 Å². The van der Waals surface area contributed by atoms with Gasteiger partial charge in [0.1, 0.15) is 5.71 Å². The molecule has 2 heterocycles. The molecule has 1 aliphatic heterocycles. The lowest BCUT2D eigenvalue weighted by Gasteiger charge is -2.30. The molecule has 1 aliphatic rings. The zero-order chi connectivity index (χ0) is 22.3. The molecule has 0 unspecified atom stereocenters. The predicted molar refractivity (Wildman–Crippen MR) is 107 cm³/mol. The second-order valence-electron chi connectivity index (χ2n) is 6.92. The van der Waals surface area contributed by atoms with Crippen LogP contribution in [0.15, 0.2) is 59.7 Å². The Kier molecular flexibility index (Phi) is 5.40. The van der Waals surface area contributed by atoms with Crippen LogP contribution in [0.3, 0.4) is 0 Å². The zero-order valence-electron chi connectivity index (χ0n) is 15.6. The first-order valence-corrected chi connectivity index (χ1v) is 9.45. The summed E-state index contributed by atoms with van der Waals surface area (Å²) >= 11 is 6.23. The first-order valence-electron chi connectivity index (χ1n) is 9.07. The number of halogens is 5. The summed E-state index contributed by atoms with van der Waals surface area (Å²) in [5.41, 5.74) is -3.23. The minimum absolute atomic E-state index is 0.0390. The second-order valence-corrected chi connectivity index (χ2v) is 7.32. The second kappa shape index (κ2) is 7.90. The highest BCUT2D eigenvalue weighted by molar-refractivity contribution is 6.33. The van der Waals surface area contributed by atoms with Crippen molar-refractivity contribution in [2.75, 3.05) is 0 Å². The molecule has 1 aromatic heterocycles. The van der Waals surface area contributed by atoms with E-state index in [2.05, 4.69) is 10.1 Å². The lowest BCUT2D eigenvalue weighted by Crippen LogP contribution is -2.51. The largest absolute Gasteiger partial charge is 0.364 e. The van der Waals surface area contributed by atoms with Crippen LogP contribution in [0.5, 0.6) is 0 Å². The van der Waals surface area contributed by atoms with Crippen LogP contribution in [0, 0.1) is 0 Å². The molecular weight excluding hydrogens is 438 g/mol. The van der Waals surface area contributed by atoms with Gasteiger partial charge in [-0.2, -0.15) is 10.1 Å². The summed E-state index contributed by atoms with van der Waals surface area (Å²) in [4.78, 5) is 17.7. The Labute approximate surface area is 178 Å². The smallest absolute Gasteiger partial charge is 0.287 e. The van der Waals surface area contributed by atoms with Crippen molar-refractivity contribution in [2.24, 2.45) is 5.10 Å². The summed E-state index contributed by atoms with van der Waals surface area (Å²) in [6.45, 7) is 0. The minimum atomic E-state index is -3.52. The van der Waals surface area contributed by atoms with E-state index in [9.17, 15) is 27.5 Å². The predicted octanol–water partition coefficient (Wildman–Crippen LogP) is 4.98. The van der Waals surface area contributed by atoms with Crippen molar-refractivity contribution in [3.8, 4) is 11.3 Å². The molecule has 2 aromatic carbocycles. The maximum atomic E-state index is 13.6. The van der Waals surface area contributed by atoms with Crippen LogP contribution >= 0.6 is 11.6 Å². The van der Waals surface area contributed by atoms with E-state index in [-0.39, 0.29) is 21.7 Å².